The van der Waals surface area contributed by atoms with Gasteiger partial charge in [0.25, 0.3) is 0 Å². The van der Waals surface area contributed by atoms with Crippen LogP contribution in [0, 0.1) is 5.92 Å². The molecule has 42 heavy (non-hydrogen) atoms. The number of aryl methyl sites for hydroxylation is 2. The molecule has 0 aliphatic rings. The van der Waals surface area contributed by atoms with Crippen LogP contribution in [0.25, 0.3) is 0 Å². The summed E-state index contributed by atoms with van der Waals surface area (Å²) in [6.45, 7) is 9.77. The van der Waals surface area contributed by atoms with Crippen LogP contribution in [0.2, 0.25) is 0 Å². The molecule has 2 rings (SSSR count). The van der Waals surface area contributed by atoms with Gasteiger partial charge in [-0.1, -0.05) is 160 Å². The lowest BCUT2D eigenvalue weighted by Crippen LogP contribution is -2.11. The molecule has 0 aromatic heterocycles. The Morgan fingerprint density at radius 1 is 0.524 bits per heavy atom. The second-order valence-corrected chi connectivity index (χ2v) is 13.1. The fraction of sp³-hybridized carbons (Fsp3) is 0.684. The summed E-state index contributed by atoms with van der Waals surface area (Å²) in [5, 5.41) is 0. The highest BCUT2D eigenvalue weighted by molar-refractivity contribution is 7.42. The Labute approximate surface area is 261 Å². The lowest BCUT2D eigenvalue weighted by atomic mass is 10.0. The topological polar surface area (TPSA) is 27.7 Å². The number of rotatable bonds is 27. The molecule has 2 aromatic carbocycles. The standard InChI is InChI=1S/C38H63O3P/c1-5-9-12-14-16-18-20-27-35-29-22-24-31-37(35)40-42(39-33-34(8-4)26-11-7-3)41-38-32-25-23-30-36(38)28-21-19-17-15-13-10-6-2/h22-25,29-32,34H,5-21,26-28,33H2,1-4H3. The van der Waals surface area contributed by atoms with Crippen LogP contribution in [0.4, 0.5) is 0 Å². The smallest absolute Gasteiger partial charge is 0.417 e. The maximum atomic E-state index is 6.61. The van der Waals surface area contributed by atoms with Crippen LogP contribution in [-0.2, 0) is 17.4 Å². The van der Waals surface area contributed by atoms with E-state index in [0.29, 0.717) is 12.5 Å². The molecule has 4 heteroatoms. The van der Waals surface area contributed by atoms with E-state index in [1.807, 2.05) is 0 Å². The highest BCUT2D eigenvalue weighted by Gasteiger charge is 2.22. The van der Waals surface area contributed by atoms with Crippen molar-refractivity contribution >= 4 is 8.60 Å². The third-order valence-corrected chi connectivity index (χ3v) is 9.40. The van der Waals surface area contributed by atoms with Gasteiger partial charge in [0.2, 0.25) is 0 Å². The van der Waals surface area contributed by atoms with Gasteiger partial charge in [0.1, 0.15) is 11.5 Å². The van der Waals surface area contributed by atoms with E-state index in [0.717, 1.165) is 30.8 Å². The molecule has 0 heterocycles. The first-order valence-electron chi connectivity index (χ1n) is 17.7. The van der Waals surface area contributed by atoms with E-state index in [-0.39, 0.29) is 0 Å². The summed E-state index contributed by atoms with van der Waals surface area (Å²) in [5.41, 5.74) is 2.53. The fourth-order valence-electron chi connectivity index (χ4n) is 5.44. The average Bonchev–Trinajstić information content (AvgIpc) is 3.01. The van der Waals surface area contributed by atoms with Crippen LogP contribution in [0.15, 0.2) is 48.5 Å². The van der Waals surface area contributed by atoms with Crippen LogP contribution in [0.1, 0.15) is 154 Å². The Balaban J connectivity index is 2.05. The van der Waals surface area contributed by atoms with Crippen LogP contribution < -0.4 is 9.05 Å². The normalized spacial score (nSPS) is 12.1. The highest BCUT2D eigenvalue weighted by atomic mass is 31.2. The Morgan fingerprint density at radius 2 is 0.952 bits per heavy atom. The Bertz CT molecular complexity index is 838. The predicted octanol–water partition coefficient (Wildman–Crippen LogP) is 13.2. The van der Waals surface area contributed by atoms with Gasteiger partial charge in [-0.3, -0.25) is 4.52 Å². The molecular formula is C38H63O3P. The van der Waals surface area contributed by atoms with Crippen LogP contribution in [0.5, 0.6) is 11.5 Å². The molecule has 0 fully saturated rings. The van der Waals surface area contributed by atoms with Gasteiger partial charge >= 0.3 is 8.60 Å². The Hall–Kier alpha value is -1.57. The summed E-state index contributed by atoms with van der Waals surface area (Å²) in [4.78, 5) is 0. The molecule has 238 valence electrons. The second kappa shape index (κ2) is 24.8. The molecule has 2 aromatic rings. The SMILES string of the molecule is CCCCCCCCCc1ccccc1OP(OCC(CC)CCCC)Oc1ccccc1CCCCCCCCC. The highest BCUT2D eigenvalue weighted by Crippen LogP contribution is 2.44. The second-order valence-electron chi connectivity index (χ2n) is 12.1. The van der Waals surface area contributed by atoms with Crippen molar-refractivity contribution < 1.29 is 13.6 Å². The van der Waals surface area contributed by atoms with E-state index in [2.05, 4.69) is 76.2 Å². The van der Waals surface area contributed by atoms with E-state index >= 15 is 0 Å². The molecule has 0 radical (unpaired) electrons. The van der Waals surface area contributed by atoms with Gasteiger partial charge in [0, 0.05) is 0 Å². The summed E-state index contributed by atoms with van der Waals surface area (Å²) in [5.74, 6) is 2.37. The molecule has 0 spiro atoms. The molecule has 1 unspecified atom stereocenters. The molecule has 0 aliphatic carbocycles. The first kappa shape index (κ1) is 36.6. The maximum absolute atomic E-state index is 6.61. The average molecular weight is 599 g/mol. The number of hydrogen-bond donors (Lipinski definition) is 0. The molecule has 1 atom stereocenters. The van der Waals surface area contributed by atoms with E-state index in [1.54, 1.807) is 0 Å². The van der Waals surface area contributed by atoms with Gasteiger partial charge in [-0.15, -0.1) is 0 Å². The molecule has 0 amide bonds. The summed E-state index contributed by atoms with van der Waals surface area (Å²) in [7, 11) is -1.56. The van der Waals surface area contributed by atoms with Crippen molar-refractivity contribution in [3.05, 3.63) is 59.7 Å². The van der Waals surface area contributed by atoms with Crippen LogP contribution >= 0.6 is 8.60 Å². The summed E-state index contributed by atoms with van der Waals surface area (Å²) < 4.78 is 19.7. The number of hydrogen-bond acceptors (Lipinski definition) is 3. The lowest BCUT2D eigenvalue weighted by Gasteiger charge is -2.23. The molecule has 3 nitrogen and oxygen atoms in total. The minimum atomic E-state index is -1.56. The van der Waals surface area contributed by atoms with Crippen LogP contribution in [-0.4, -0.2) is 6.61 Å². The fourth-order valence-corrected chi connectivity index (χ4v) is 6.59. The Kier molecular flexibility index (Phi) is 21.6. The van der Waals surface area contributed by atoms with E-state index in [9.17, 15) is 0 Å². The van der Waals surface area contributed by atoms with Crippen molar-refractivity contribution in [2.45, 2.75) is 156 Å². The van der Waals surface area contributed by atoms with Gasteiger partial charge in [-0.05, 0) is 61.3 Å². The first-order valence-corrected chi connectivity index (χ1v) is 18.8. The van der Waals surface area contributed by atoms with Gasteiger partial charge < -0.3 is 9.05 Å². The monoisotopic (exact) mass is 598 g/mol. The van der Waals surface area contributed by atoms with Crippen molar-refractivity contribution in [1.29, 1.82) is 0 Å². The predicted molar refractivity (Wildman–Crippen MR) is 184 cm³/mol. The van der Waals surface area contributed by atoms with Crippen molar-refractivity contribution in [3.63, 3.8) is 0 Å². The molecule has 0 saturated carbocycles. The Morgan fingerprint density at radius 3 is 1.40 bits per heavy atom. The quantitative estimate of drug-likeness (QED) is 0.0756. The first-order chi connectivity index (χ1) is 20.7. The van der Waals surface area contributed by atoms with Crippen molar-refractivity contribution in [2.75, 3.05) is 6.61 Å². The zero-order valence-corrected chi connectivity index (χ0v) is 28.6. The van der Waals surface area contributed by atoms with Gasteiger partial charge in [0.05, 0.1) is 6.61 Å². The third-order valence-electron chi connectivity index (χ3n) is 8.35. The third kappa shape index (κ3) is 16.3. The van der Waals surface area contributed by atoms with Crippen LogP contribution in [0.3, 0.4) is 0 Å². The van der Waals surface area contributed by atoms with E-state index in [4.69, 9.17) is 13.6 Å². The minimum Gasteiger partial charge on any atom is -0.417 e. The molecule has 0 N–H and O–H groups in total. The van der Waals surface area contributed by atoms with Crippen molar-refractivity contribution in [1.82, 2.24) is 0 Å². The van der Waals surface area contributed by atoms with Gasteiger partial charge in [-0.2, -0.15) is 0 Å². The van der Waals surface area contributed by atoms with Crippen molar-refractivity contribution in [3.8, 4) is 11.5 Å². The number of para-hydroxylation sites is 2. The zero-order chi connectivity index (χ0) is 30.1. The van der Waals surface area contributed by atoms with E-state index < -0.39 is 8.60 Å². The molecule has 0 aliphatic heterocycles. The number of unbranched alkanes of at least 4 members (excludes halogenated alkanes) is 13. The van der Waals surface area contributed by atoms with Gasteiger partial charge in [0.15, 0.2) is 0 Å². The maximum Gasteiger partial charge on any atom is 0.463 e. The lowest BCUT2D eigenvalue weighted by molar-refractivity contribution is 0.207. The largest absolute Gasteiger partial charge is 0.463 e. The summed E-state index contributed by atoms with van der Waals surface area (Å²) in [6.07, 6.45) is 25.2. The summed E-state index contributed by atoms with van der Waals surface area (Å²) >= 11 is 0. The van der Waals surface area contributed by atoms with Gasteiger partial charge in [-0.25, -0.2) is 0 Å². The minimum absolute atomic E-state index is 0.535. The number of benzene rings is 2. The van der Waals surface area contributed by atoms with Crippen molar-refractivity contribution in [2.24, 2.45) is 5.92 Å². The van der Waals surface area contributed by atoms with E-state index in [1.165, 1.54) is 120 Å². The zero-order valence-electron chi connectivity index (χ0n) is 27.7. The molecule has 0 saturated heterocycles. The molecular weight excluding hydrogens is 535 g/mol. The molecule has 0 bridgehead atoms. The summed E-state index contributed by atoms with van der Waals surface area (Å²) in [6, 6.07) is 17.0.